The van der Waals surface area contributed by atoms with Crippen LogP contribution in [0.3, 0.4) is 0 Å². The van der Waals surface area contributed by atoms with Crippen molar-refractivity contribution in [1.82, 2.24) is 10.3 Å². The Hall–Kier alpha value is -2.11. The molecule has 1 fully saturated rings. The number of anilines is 1. The molecule has 0 aliphatic carbocycles. The first kappa shape index (κ1) is 16.7. The van der Waals surface area contributed by atoms with Gasteiger partial charge in [-0.15, -0.1) is 0 Å². The highest BCUT2D eigenvalue weighted by molar-refractivity contribution is 6.32. The smallest absolute Gasteiger partial charge is 0.227 e. The van der Waals surface area contributed by atoms with Gasteiger partial charge in [0, 0.05) is 29.6 Å². The Morgan fingerprint density at radius 2 is 2.29 bits per heavy atom. The molecule has 3 rings (SSSR count). The number of ether oxygens (including phenoxy) is 1. The van der Waals surface area contributed by atoms with Crippen LogP contribution < -0.4 is 15.4 Å². The molecule has 1 aliphatic heterocycles. The third kappa shape index (κ3) is 4.04. The van der Waals surface area contributed by atoms with Gasteiger partial charge in [-0.25, -0.2) is 0 Å². The van der Waals surface area contributed by atoms with Crippen LogP contribution in [0, 0.1) is 11.8 Å². The normalized spacial score (nSPS) is 15.4. The molecule has 2 aromatic rings. The second kappa shape index (κ2) is 7.64. The fraction of sp³-hybridized carbons (Fsp3) is 0.333. The van der Waals surface area contributed by atoms with Crippen LogP contribution in [-0.2, 0) is 11.4 Å². The number of carbonyl (C=O) groups excluding carboxylic acids is 1. The number of aromatic nitrogens is 1. The molecular formula is C18H20ClN3O2. The highest BCUT2D eigenvalue weighted by Crippen LogP contribution is 2.29. The third-order valence-electron chi connectivity index (χ3n) is 4.25. The number of benzene rings is 1. The predicted molar refractivity (Wildman–Crippen MR) is 94.2 cm³/mol. The van der Waals surface area contributed by atoms with Crippen molar-refractivity contribution in [3.8, 4) is 5.75 Å². The molecule has 1 aromatic heterocycles. The first-order chi connectivity index (χ1) is 11.6. The van der Waals surface area contributed by atoms with Gasteiger partial charge in [0.1, 0.15) is 12.4 Å². The van der Waals surface area contributed by atoms with Gasteiger partial charge in [-0.05, 0) is 43.3 Å². The first-order valence-corrected chi connectivity index (χ1v) is 8.34. The minimum Gasteiger partial charge on any atom is -0.487 e. The number of carbonyl (C=O) groups is 1. The summed E-state index contributed by atoms with van der Waals surface area (Å²) in [6, 6.07) is 9.08. The Bertz CT molecular complexity index is 705. The summed E-state index contributed by atoms with van der Waals surface area (Å²) >= 11 is 6.26. The largest absolute Gasteiger partial charge is 0.487 e. The maximum atomic E-state index is 12.2. The standard InChI is InChI=1S/C18H20ClN3O2/c1-12(14-9-21-10-14)18(23)22-15-4-5-17(16(19)7-15)24-11-13-3-2-6-20-8-13/h2-8,12,14,21H,9-11H2,1H3,(H,22,23). The average Bonchev–Trinajstić information content (AvgIpc) is 2.53. The molecule has 0 saturated carbocycles. The zero-order chi connectivity index (χ0) is 16.9. The van der Waals surface area contributed by atoms with Gasteiger partial charge in [-0.1, -0.05) is 24.6 Å². The number of amides is 1. The summed E-state index contributed by atoms with van der Waals surface area (Å²) in [6.07, 6.45) is 3.47. The van der Waals surface area contributed by atoms with E-state index in [9.17, 15) is 4.79 Å². The third-order valence-corrected chi connectivity index (χ3v) is 4.55. The molecule has 1 aliphatic rings. The molecule has 5 nitrogen and oxygen atoms in total. The van der Waals surface area contributed by atoms with E-state index >= 15 is 0 Å². The number of hydrogen-bond donors (Lipinski definition) is 2. The lowest BCUT2D eigenvalue weighted by molar-refractivity contribution is -0.121. The van der Waals surface area contributed by atoms with Crippen LogP contribution in [0.1, 0.15) is 12.5 Å². The lowest BCUT2D eigenvalue weighted by Gasteiger charge is -2.31. The molecule has 0 bridgehead atoms. The average molecular weight is 346 g/mol. The minimum atomic E-state index is -0.0217. The molecule has 1 unspecified atom stereocenters. The number of nitrogens with zero attached hydrogens (tertiary/aromatic N) is 1. The van der Waals surface area contributed by atoms with Crippen molar-refractivity contribution in [2.75, 3.05) is 18.4 Å². The highest BCUT2D eigenvalue weighted by atomic mass is 35.5. The van der Waals surface area contributed by atoms with E-state index < -0.39 is 0 Å². The SMILES string of the molecule is CC(C(=O)Nc1ccc(OCc2cccnc2)c(Cl)c1)C1CNC1. The molecule has 1 amide bonds. The molecule has 0 radical (unpaired) electrons. The van der Waals surface area contributed by atoms with Crippen molar-refractivity contribution in [3.05, 3.63) is 53.3 Å². The summed E-state index contributed by atoms with van der Waals surface area (Å²) in [5.41, 5.74) is 1.65. The van der Waals surface area contributed by atoms with Crippen molar-refractivity contribution in [3.63, 3.8) is 0 Å². The topological polar surface area (TPSA) is 63.2 Å². The summed E-state index contributed by atoms with van der Waals surface area (Å²) in [5.74, 6) is 0.977. The van der Waals surface area contributed by atoms with E-state index in [4.69, 9.17) is 16.3 Å². The van der Waals surface area contributed by atoms with Crippen molar-refractivity contribution in [2.45, 2.75) is 13.5 Å². The molecule has 1 saturated heterocycles. The van der Waals surface area contributed by atoms with Gasteiger partial charge in [-0.2, -0.15) is 0 Å². The van der Waals surface area contributed by atoms with Gasteiger partial charge in [0.25, 0.3) is 0 Å². The highest BCUT2D eigenvalue weighted by Gasteiger charge is 2.28. The summed E-state index contributed by atoms with van der Waals surface area (Å²) in [6.45, 7) is 4.14. The minimum absolute atomic E-state index is 0.0154. The zero-order valence-electron chi connectivity index (χ0n) is 13.5. The lowest BCUT2D eigenvalue weighted by atomic mass is 9.88. The lowest BCUT2D eigenvalue weighted by Crippen LogP contribution is -2.48. The van der Waals surface area contributed by atoms with Gasteiger partial charge in [0.15, 0.2) is 0 Å². The second-order valence-corrected chi connectivity index (χ2v) is 6.40. The summed E-state index contributed by atoms with van der Waals surface area (Å²) in [4.78, 5) is 16.3. The second-order valence-electron chi connectivity index (χ2n) is 5.99. The van der Waals surface area contributed by atoms with E-state index in [0.717, 1.165) is 18.7 Å². The van der Waals surface area contributed by atoms with E-state index in [-0.39, 0.29) is 11.8 Å². The van der Waals surface area contributed by atoms with Crippen LogP contribution in [-0.4, -0.2) is 24.0 Å². The Morgan fingerprint density at radius 3 is 2.92 bits per heavy atom. The molecule has 1 atom stereocenters. The summed E-state index contributed by atoms with van der Waals surface area (Å²) in [7, 11) is 0. The summed E-state index contributed by atoms with van der Waals surface area (Å²) < 4.78 is 5.70. The van der Waals surface area contributed by atoms with Crippen LogP contribution in [0.15, 0.2) is 42.7 Å². The molecule has 2 N–H and O–H groups in total. The van der Waals surface area contributed by atoms with Gasteiger partial charge in [0.05, 0.1) is 5.02 Å². The van der Waals surface area contributed by atoms with E-state index in [1.165, 1.54) is 0 Å². The Morgan fingerprint density at radius 1 is 1.46 bits per heavy atom. The number of rotatable bonds is 6. The fourth-order valence-electron chi connectivity index (χ4n) is 2.47. The number of nitrogens with one attached hydrogen (secondary N) is 2. The van der Waals surface area contributed by atoms with Crippen LogP contribution in [0.25, 0.3) is 0 Å². The molecular weight excluding hydrogens is 326 g/mol. The Labute approximate surface area is 146 Å². The first-order valence-electron chi connectivity index (χ1n) is 7.96. The van der Waals surface area contributed by atoms with Gasteiger partial charge < -0.3 is 15.4 Å². The number of hydrogen-bond acceptors (Lipinski definition) is 4. The number of halogens is 1. The van der Waals surface area contributed by atoms with Crippen molar-refractivity contribution in [2.24, 2.45) is 11.8 Å². The van der Waals surface area contributed by atoms with Crippen LogP contribution in [0.2, 0.25) is 5.02 Å². The van der Waals surface area contributed by atoms with E-state index in [1.807, 2.05) is 19.1 Å². The molecule has 24 heavy (non-hydrogen) atoms. The molecule has 2 heterocycles. The molecule has 6 heteroatoms. The van der Waals surface area contributed by atoms with E-state index in [0.29, 0.717) is 29.0 Å². The maximum Gasteiger partial charge on any atom is 0.227 e. The van der Waals surface area contributed by atoms with Gasteiger partial charge in [0.2, 0.25) is 5.91 Å². The van der Waals surface area contributed by atoms with E-state index in [1.54, 1.807) is 30.6 Å². The van der Waals surface area contributed by atoms with Crippen LogP contribution >= 0.6 is 11.6 Å². The number of pyridine rings is 1. The van der Waals surface area contributed by atoms with Crippen LogP contribution in [0.4, 0.5) is 5.69 Å². The zero-order valence-corrected chi connectivity index (χ0v) is 14.2. The molecule has 126 valence electrons. The van der Waals surface area contributed by atoms with Crippen molar-refractivity contribution in [1.29, 1.82) is 0 Å². The van der Waals surface area contributed by atoms with Crippen molar-refractivity contribution >= 4 is 23.2 Å². The quantitative estimate of drug-likeness (QED) is 0.844. The van der Waals surface area contributed by atoms with Crippen LogP contribution in [0.5, 0.6) is 5.75 Å². The fourth-order valence-corrected chi connectivity index (χ4v) is 2.71. The van der Waals surface area contributed by atoms with Crippen molar-refractivity contribution < 1.29 is 9.53 Å². The predicted octanol–water partition coefficient (Wildman–Crippen LogP) is 3.11. The van der Waals surface area contributed by atoms with Gasteiger partial charge in [-0.3, -0.25) is 9.78 Å². The summed E-state index contributed by atoms with van der Waals surface area (Å²) in [5, 5.41) is 6.57. The molecule has 1 aromatic carbocycles. The van der Waals surface area contributed by atoms with Gasteiger partial charge >= 0.3 is 0 Å². The van der Waals surface area contributed by atoms with E-state index in [2.05, 4.69) is 15.6 Å². The Balaban J connectivity index is 1.58. The monoisotopic (exact) mass is 345 g/mol. The molecule has 0 spiro atoms. The maximum absolute atomic E-state index is 12.2. The Kier molecular flexibility index (Phi) is 5.33.